The number of aromatic nitrogens is 2. The van der Waals surface area contributed by atoms with E-state index in [2.05, 4.69) is 17.3 Å². The quantitative estimate of drug-likeness (QED) is 0.905. The number of nitrogens with one attached hydrogen (secondary N) is 1. The number of nitrogens with zero attached hydrogens (tertiary/aromatic N) is 2. The van der Waals surface area contributed by atoms with Crippen LogP contribution in [0.3, 0.4) is 0 Å². The average molecular weight is 269 g/mol. The second kappa shape index (κ2) is 5.49. The first kappa shape index (κ1) is 12.9. The molecular formula is C16H19N3O. The van der Waals surface area contributed by atoms with Gasteiger partial charge in [-0.1, -0.05) is 18.2 Å². The highest BCUT2D eigenvalue weighted by molar-refractivity contribution is 5.78. The Hall–Kier alpha value is -2.10. The summed E-state index contributed by atoms with van der Waals surface area (Å²) in [6, 6.07) is 10.2. The summed E-state index contributed by atoms with van der Waals surface area (Å²) in [6.45, 7) is 2.09. The van der Waals surface area contributed by atoms with Crippen LogP contribution < -0.4 is 5.32 Å². The van der Waals surface area contributed by atoms with E-state index < -0.39 is 0 Å². The van der Waals surface area contributed by atoms with E-state index in [1.54, 1.807) is 10.9 Å². The highest BCUT2D eigenvalue weighted by Gasteiger charge is 2.28. The molecule has 3 rings (SSSR count). The molecule has 1 aliphatic rings. The maximum atomic E-state index is 12.0. The molecule has 0 saturated heterocycles. The molecule has 1 N–H and O–H groups in total. The van der Waals surface area contributed by atoms with Crippen LogP contribution in [0.25, 0.3) is 5.69 Å². The van der Waals surface area contributed by atoms with Crippen molar-refractivity contribution < 1.29 is 4.79 Å². The third-order valence-corrected chi connectivity index (χ3v) is 3.74. The van der Waals surface area contributed by atoms with E-state index in [1.165, 1.54) is 12.8 Å². The molecule has 1 atom stereocenters. The number of carbonyl (C=O) groups is 1. The van der Waals surface area contributed by atoms with Crippen molar-refractivity contribution in [2.75, 3.05) is 0 Å². The molecule has 4 heteroatoms. The van der Waals surface area contributed by atoms with Crippen LogP contribution in [-0.2, 0) is 11.2 Å². The van der Waals surface area contributed by atoms with Crippen LogP contribution in [0, 0.1) is 5.92 Å². The van der Waals surface area contributed by atoms with Crippen molar-refractivity contribution in [1.29, 1.82) is 0 Å². The Labute approximate surface area is 118 Å². The highest BCUT2D eigenvalue weighted by atomic mass is 16.1. The van der Waals surface area contributed by atoms with Crippen LogP contribution in [0.2, 0.25) is 0 Å². The Kier molecular flexibility index (Phi) is 3.54. The maximum absolute atomic E-state index is 12.0. The van der Waals surface area contributed by atoms with Crippen molar-refractivity contribution >= 4 is 5.91 Å². The first-order valence-electron chi connectivity index (χ1n) is 7.11. The van der Waals surface area contributed by atoms with E-state index in [-0.39, 0.29) is 5.91 Å². The fraction of sp³-hybridized carbons (Fsp3) is 0.375. The average Bonchev–Trinajstić information content (AvgIpc) is 3.21. The van der Waals surface area contributed by atoms with Crippen molar-refractivity contribution in [3.05, 3.63) is 48.3 Å². The van der Waals surface area contributed by atoms with Gasteiger partial charge in [0.05, 0.1) is 18.3 Å². The number of rotatable bonds is 5. The standard InChI is InChI=1S/C16H19N3O/c1-12(14-7-8-14)18-16(20)9-13-10-17-19(11-13)15-5-3-2-4-6-15/h2-6,10-12,14H,7-9H2,1H3,(H,18,20)/t12-/m0/s1. The molecule has 0 unspecified atom stereocenters. The third kappa shape index (κ3) is 3.07. The van der Waals surface area contributed by atoms with Crippen molar-refractivity contribution in [2.45, 2.75) is 32.2 Å². The lowest BCUT2D eigenvalue weighted by atomic mass is 10.2. The van der Waals surface area contributed by atoms with Crippen molar-refractivity contribution in [3.8, 4) is 5.69 Å². The highest BCUT2D eigenvalue weighted by Crippen LogP contribution is 2.32. The predicted octanol–water partition coefficient (Wildman–Crippen LogP) is 2.33. The number of benzene rings is 1. The van der Waals surface area contributed by atoms with Gasteiger partial charge in [-0.2, -0.15) is 5.10 Å². The summed E-state index contributed by atoms with van der Waals surface area (Å²) in [5.74, 6) is 0.767. The summed E-state index contributed by atoms with van der Waals surface area (Å²) < 4.78 is 1.80. The molecule has 0 radical (unpaired) electrons. The number of amides is 1. The molecule has 0 bridgehead atoms. The summed E-state index contributed by atoms with van der Waals surface area (Å²) in [5.41, 5.74) is 1.94. The van der Waals surface area contributed by atoms with E-state index in [9.17, 15) is 4.79 Å². The summed E-state index contributed by atoms with van der Waals surface area (Å²) in [4.78, 5) is 12.0. The second-order valence-corrected chi connectivity index (χ2v) is 5.50. The molecule has 1 aromatic heterocycles. The van der Waals surface area contributed by atoms with Gasteiger partial charge in [0.2, 0.25) is 5.91 Å². The molecule has 1 fully saturated rings. The first-order chi connectivity index (χ1) is 9.72. The molecule has 1 aromatic carbocycles. The Morgan fingerprint density at radius 1 is 1.40 bits per heavy atom. The Balaban J connectivity index is 1.61. The van der Waals surface area contributed by atoms with Gasteiger partial charge in [-0.15, -0.1) is 0 Å². The normalized spacial score (nSPS) is 15.8. The Bertz CT molecular complexity index is 587. The predicted molar refractivity (Wildman–Crippen MR) is 77.6 cm³/mol. The summed E-state index contributed by atoms with van der Waals surface area (Å²) in [6.07, 6.45) is 6.55. The smallest absolute Gasteiger partial charge is 0.224 e. The number of hydrogen-bond acceptors (Lipinski definition) is 2. The van der Waals surface area contributed by atoms with Crippen molar-refractivity contribution in [2.24, 2.45) is 5.92 Å². The van der Waals surface area contributed by atoms with Gasteiger partial charge < -0.3 is 5.32 Å². The zero-order valence-electron chi connectivity index (χ0n) is 11.6. The molecule has 2 aromatic rings. The summed E-state index contributed by atoms with van der Waals surface area (Å²) >= 11 is 0. The van der Waals surface area contributed by atoms with Gasteiger partial charge in [-0.25, -0.2) is 4.68 Å². The van der Waals surface area contributed by atoms with Gasteiger partial charge in [0.1, 0.15) is 0 Å². The minimum atomic E-state index is 0.0806. The molecule has 1 saturated carbocycles. The monoisotopic (exact) mass is 269 g/mol. The SMILES string of the molecule is C[C@H](NC(=O)Cc1cnn(-c2ccccc2)c1)C1CC1. The van der Waals surface area contributed by atoms with Gasteiger partial charge in [0.15, 0.2) is 0 Å². The minimum absolute atomic E-state index is 0.0806. The fourth-order valence-electron chi connectivity index (χ4n) is 2.38. The van der Waals surface area contributed by atoms with Crippen LogP contribution in [-0.4, -0.2) is 21.7 Å². The Morgan fingerprint density at radius 2 is 2.15 bits per heavy atom. The fourth-order valence-corrected chi connectivity index (χ4v) is 2.38. The molecule has 1 aliphatic carbocycles. The lowest BCUT2D eigenvalue weighted by Gasteiger charge is -2.11. The summed E-state index contributed by atoms with van der Waals surface area (Å²) in [5, 5.41) is 7.37. The first-order valence-corrected chi connectivity index (χ1v) is 7.11. The van der Waals surface area contributed by atoms with Gasteiger partial charge >= 0.3 is 0 Å². The minimum Gasteiger partial charge on any atom is -0.353 e. The lowest BCUT2D eigenvalue weighted by Crippen LogP contribution is -2.34. The molecular weight excluding hydrogens is 250 g/mol. The van der Waals surface area contributed by atoms with E-state index in [0.29, 0.717) is 18.4 Å². The zero-order valence-corrected chi connectivity index (χ0v) is 11.6. The van der Waals surface area contributed by atoms with Gasteiger partial charge in [-0.05, 0) is 43.4 Å². The lowest BCUT2D eigenvalue weighted by molar-refractivity contribution is -0.121. The van der Waals surface area contributed by atoms with E-state index >= 15 is 0 Å². The summed E-state index contributed by atoms with van der Waals surface area (Å²) in [7, 11) is 0. The molecule has 1 amide bonds. The molecule has 0 aliphatic heterocycles. The second-order valence-electron chi connectivity index (χ2n) is 5.50. The molecule has 4 nitrogen and oxygen atoms in total. The molecule has 20 heavy (non-hydrogen) atoms. The molecule has 1 heterocycles. The van der Waals surface area contributed by atoms with E-state index in [4.69, 9.17) is 0 Å². The van der Waals surface area contributed by atoms with Gasteiger partial charge in [0, 0.05) is 12.2 Å². The van der Waals surface area contributed by atoms with Crippen LogP contribution >= 0.6 is 0 Å². The largest absolute Gasteiger partial charge is 0.353 e. The zero-order chi connectivity index (χ0) is 13.9. The van der Waals surface area contributed by atoms with Crippen molar-refractivity contribution in [3.63, 3.8) is 0 Å². The van der Waals surface area contributed by atoms with E-state index in [0.717, 1.165) is 11.3 Å². The van der Waals surface area contributed by atoms with Crippen LogP contribution in [0.4, 0.5) is 0 Å². The number of carbonyl (C=O) groups excluding carboxylic acids is 1. The van der Waals surface area contributed by atoms with Crippen LogP contribution in [0.5, 0.6) is 0 Å². The maximum Gasteiger partial charge on any atom is 0.224 e. The number of hydrogen-bond donors (Lipinski definition) is 1. The third-order valence-electron chi connectivity index (χ3n) is 3.74. The number of para-hydroxylation sites is 1. The van der Waals surface area contributed by atoms with Gasteiger partial charge in [0.25, 0.3) is 0 Å². The molecule has 0 spiro atoms. The van der Waals surface area contributed by atoms with Crippen molar-refractivity contribution in [1.82, 2.24) is 15.1 Å². The molecule has 104 valence electrons. The topological polar surface area (TPSA) is 46.9 Å². The van der Waals surface area contributed by atoms with E-state index in [1.807, 2.05) is 36.5 Å². The van der Waals surface area contributed by atoms with Crippen LogP contribution in [0.15, 0.2) is 42.7 Å². The van der Waals surface area contributed by atoms with Gasteiger partial charge in [-0.3, -0.25) is 4.79 Å². The Morgan fingerprint density at radius 3 is 2.85 bits per heavy atom. The van der Waals surface area contributed by atoms with Crippen LogP contribution in [0.1, 0.15) is 25.3 Å².